The summed E-state index contributed by atoms with van der Waals surface area (Å²) in [5, 5.41) is 3.06. The van der Waals surface area contributed by atoms with Crippen LogP contribution in [0.4, 0.5) is 0 Å². The fraction of sp³-hybridized carbons (Fsp3) is 0.462. The molecule has 0 radical (unpaired) electrons. The van der Waals surface area contributed by atoms with Gasteiger partial charge < -0.3 is 4.90 Å². The fourth-order valence-electron chi connectivity index (χ4n) is 1.85. The molecule has 0 spiro atoms. The molecule has 4 heteroatoms. The SMILES string of the molecule is CCCCN(C)Cc1cccn1-c1nccs1. The zero-order valence-electron chi connectivity index (χ0n) is 10.5. The Kier molecular flexibility index (Phi) is 4.34. The summed E-state index contributed by atoms with van der Waals surface area (Å²) < 4.78 is 2.17. The second-order valence-electron chi connectivity index (χ2n) is 4.28. The van der Waals surface area contributed by atoms with Crippen molar-refractivity contribution in [3.63, 3.8) is 0 Å². The van der Waals surface area contributed by atoms with Crippen molar-refractivity contribution in [1.82, 2.24) is 14.5 Å². The lowest BCUT2D eigenvalue weighted by atomic mass is 10.3. The monoisotopic (exact) mass is 249 g/mol. The van der Waals surface area contributed by atoms with Crippen molar-refractivity contribution in [2.24, 2.45) is 0 Å². The molecule has 0 fully saturated rings. The van der Waals surface area contributed by atoms with E-state index in [9.17, 15) is 0 Å². The summed E-state index contributed by atoms with van der Waals surface area (Å²) in [6, 6.07) is 4.26. The molecule has 0 aliphatic carbocycles. The number of nitrogens with zero attached hydrogens (tertiary/aromatic N) is 3. The lowest BCUT2D eigenvalue weighted by molar-refractivity contribution is 0.315. The molecule has 0 aliphatic rings. The van der Waals surface area contributed by atoms with Crippen molar-refractivity contribution in [1.29, 1.82) is 0 Å². The normalized spacial score (nSPS) is 11.2. The van der Waals surface area contributed by atoms with Crippen LogP contribution in [0.1, 0.15) is 25.5 Å². The summed E-state index contributed by atoms with van der Waals surface area (Å²) in [4.78, 5) is 6.72. The molecule has 0 aromatic carbocycles. The Morgan fingerprint density at radius 3 is 3.06 bits per heavy atom. The van der Waals surface area contributed by atoms with Crippen LogP contribution >= 0.6 is 11.3 Å². The number of rotatable bonds is 6. The zero-order valence-corrected chi connectivity index (χ0v) is 11.3. The second-order valence-corrected chi connectivity index (χ2v) is 5.15. The molecule has 0 bridgehead atoms. The van der Waals surface area contributed by atoms with Crippen LogP contribution in [0.5, 0.6) is 0 Å². The van der Waals surface area contributed by atoms with Gasteiger partial charge in [0.15, 0.2) is 5.13 Å². The first-order valence-corrected chi connectivity index (χ1v) is 6.94. The average molecular weight is 249 g/mol. The summed E-state index contributed by atoms with van der Waals surface area (Å²) in [6.45, 7) is 4.36. The predicted molar refractivity (Wildman–Crippen MR) is 72.7 cm³/mol. The first-order valence-electron chi connectivity index (χ1n) is 6.06. The van der Waals surface area contributed by atoms with Gasteiger partial charge in [-0.05, 0) is 32.1 Å². The highest BCUT2D eigenvalue weighted by atomic mass is 32.1. The van der Waals surface area contributed by atoms with Crippen LogP contribution in [0.2, 0.25) is 0 Å². The molecule has 0 aliphatic heterocycles. The van der Waals surface area contributed by atoms with Crippen molar-refractivity contribution in [2.75, 3.05) is 13.6 Å². The number of hydrogen-bond donors (Lipinski definition) is 0. The lowest BCUT2D eigenvalue weighted by Crippen LogP contribution is -2.20. The molecule has 2 aromatic heterocycles. The van der Waals surface area contributed by atoms with Gasteiger partial charge in [-0.1, -0.05) is 13.3 Å². The van der Waals surface area contributed by atoms with E-state index >= 15 is 0 Å². The Bertz CT molecular complexity index is 433. The first-order chi connectivity index (χ1) is 8.31. The number of aromatic nitrogens is 2. The van der Waals surface area contributed by atoms with Crippen molar-refractivity contribution in [3.05, 3.63) is 35.6 Å². The van der Waals surface area contributed by atoms with E-state index in [2.05, 4.69) is 46.8 Å². The Labute approximate surface area is 107 Å². The maximum Gasteiger partial charge on any atom is 0.193 e. The standard InChI is InChI=1S/C13H19N3S/c1-3-4-8-15(2)11-12-6-5-9-16(12)13-14-7-10-17-13/h5-7,9-10H,3-4,8,11H2,1-2H3. The van der Waals surface area contributed by atoms with E-state index in [4.69, 9.17) is 0 Å². The van der Waals surface area contributed by atoms with Gasteiger partial charge in [-0.2, -0.15) is 0 Å². The molecule has 3 nitrogen and oxygen atoms in total. The molecule has 0 saturated heterocycles. The van der Waals surface area contributed by atoms with Crippen LogP contribution in [0, 0.1) is 0 Å². The predicted octanol–water partition coefficient (Wildman–Crippen LogP) is 3.17. The molecular weight excluding hydrogens is 230 g/mol. The second kappa shape index (κ2) is 5.98. The third kappa shape index (κ3) is 3.17. The van der Waals surface area contributed by atoms with Crippen molar-refractivity contribution >= 4 is 11.3 Å². The van der Waals surface area contributed by atoms with Crippen LogP contribution < -0.4 is 0 Å². The van der Waals surface area contributed by atoms with Gasteiger partial charge >= 0.3 is 0 Å². The van der Waals surface area contributed by atoms with E-state index in [0.29, 0.717) is 0 Å². The van der Waals surface area contributed by atoms with Crippen LogP contribution in [0.25, 0.3) is 5.13 Å². The Morgan fingerprint density at radius 1 is 1.47 bits per heavy atom. The van der Waals surface area contributed by atoms with Crippen molar-refractivity contribution in [3.8, 4) is 5.13 Å². The summed E-state index contributed by atoms with van der Waals surface area (Å²) in [6.07, 6.45) is 6.44. The van der Waals surface area contributed by atoms with E-state index in [-0.39, 0.29) is 0 Å². The van der Waals surface area contributed by atoms with Crippen LogP contribution in [0.15, 0.2) is 29.9 Å². The minimum Gasteiger partial charge on any atom is -0.301 e. The van der Waals surface area contributed by atoms with E-state index in [1.54, 1.807) is 11.3 Å². The van der Waals surface area contributed by atoms with Gasteiger partial charge in [0.05, 0.1) is 0 Å². The largest absolute Gasteiger partial charge is 0.301 e. The van der Waals surface area contributed by atoms with Gasteiger partial charge in [0.1, 0.15) is 0 Å². The third-order valence-electron chi connectivity index (χ3n) is 2.78. The van der Waals surface area contributed by atoms with Gasteiger partial charge in [0.2, 0.25) is 0 Å². The van der Waals surface area contributed by atoms with Crippen molar-refractivity contribution in [2.45, 2.75) is 26.3 Å². The molecular formula is C13H19N3S. The summed E-state index contributed by atoms with van der Waals surface area (Å²) in [5.74, 6) is 0. The maximum atomic E-state index is 4.35. The summed E-state index contributed by atoms with van der Waals surface area (Å²) >= 11 is 1.67. The molecule has 17 heavy (non-hydrogen) atoms. The summed E-state index contributed by atoms with van der Waals surface area (Å²) in [7, 11) is 2.18. The Balaban J connectivity index is 2.04. The highest BCUT2D eigenvalue weighted by molar-refractivity contribution is 7.12. The van der Waals surface area contributed by atoms with E-state index in [1.807, 2.05) is 11.6 Å². The molecule has 0 N–H and O–H groups in total. The van der Waals surface area contributed by atoms with Crippen LogP contribution in [0.3, 0.4) is 0 Å². The smallest absolute Gasteiger partial charge is 0.193 e. The van der Waals surface area contributed by atoms with Crippen LogP contribution in [-0.2, 0) is 6.54 Å². The third-order valence-corrected chi connectivity index (χ3v) is 3.55. The van der Waals surface area contributed by atoms with Gasteiger partial charge in [-0.15, -0.1) is 11.3 Å². The first kappa shape index (κ1) is 12.3. The Hall–Kier alpha value is -1.13. The molecule has 0 amide bonds. The Morgan fingerprint density at radius 2 is 2.35 bits per heavy atom. The maximum absolute atomic E-state index is 4.35. The van der Waals surface area contributed by atoms with Gasteiger partial charge in [-0.25, -0.2) is 4.98 Å². The van der Waals surface area contributed by atoms with Crippen molar-refractivity contribution < 1.29 is 0 Å². The summed E-state index contributed by atoms with van der Waals surface area (Å²) in [5.41, 5.74) is 1.30. The molecule has 92 valence electrons. The number of hydrogen-bond acceptors (Lipinski definition) is 3. The fourth-order valence-corrected chi connectivity index (χ4v) is 2.51. The quantitative estimate of drug-likeness (QED) is 0.784. The highest BCUT2D eigenvalue weighted by Crippen LogP contribution is 2.16. The topological polar surface area (TPSA) is 21.1 Å². The molecule has 2 rings (SSSR count). The minimum absolute atomic E-state index is 0.979. The van der Waals surface area contributed by atoms with E-state index in [1.165, 1.54) is 18.5 Å². The molecule has 2 heterocycles. The number of thiazole rings is 1. The van der Waals surface area contributed by atoms with Gasteiger partial charge in [0.25, 0.3) is 0 Å². The van der Waals surface area contributed by atoms with E-state index in [0.717, 1.165) is 18.2 Å². The van der Waals surface area contributed by atoms with Gasteiger partial charge in [0, 0.05) is 30.0 Å². The number of unbranched alkanes of at least 4 members (excludes halogenated alkanes) is 1. The molecule has 0 saturated carbocycles. The van der Waals surface area contributed by atoms with Gasteiger partial charge in [-0.3, -0.25) is 4.57 Å². The van der Waals surface area contributed by atoms with Crippen LogP contribution in [-0.4, -0.2) is 28.0 Å². The lowest BCUT2D eigenvalue weighted by Gasteiger charge is -2.16. The average Bonchev–Trinajstić information content (AvgIpc) is 2.95. The molecule has 2 aromatic rings. The minimum atomic E-state index is 0.979. The molecule has 0 atom stereocenters. The molecule has 0 unspecified atom stereocenters. The zero-order chi connectivity index (χ0) is 12.1. The van der Waals surface area contributed by atoms with E-state index < -0.39 is 0 Å². The highest BCUT2D eigenvalue weighted by Gasteiger charge is 2.07.